The van der Waals surface area contributed by atoms with Gasteiger partial charge < -0.3 is 38.6 Å². The first-order valence-corrected chi connectivity index (χ1v) is 31.3. The van der Waals surface area contributed by atoms with E-state index >= 15 is 0 Å². The van der Waals surface area contributed by atoms with Crippen molar-refractivity contribution >= 4 is 29.5 Å². The van der Waals surface area contributed by atoms with Crippen LogP contribution in [0.15, 0.2) is 272 Å². The van der Waals surface area contributed by atoms with Crippen molar-refractivity contribution in [3.63, 3.8) is 0 Å². The highest BCUT2D eigenvalue weighted by atomic mass is 32.2. The number of hydrogen-bond donors (Lipinski definition) is 2. The summed E-state index contributed by atoms with van der Waals surface area (Å²) in [5, 5.41) is 19.7. The van der Waals surface area contributed by atoms with E-state index in [1.165, 1.54) is 72.8 Å². The van der Waals surface area contributed by atoms with Crippen LogP contribution in [0.3, 0.4) is 0 Å². The molecule has 0 fully saturated rings. The first-order valence-electron chi connectivity index (χ1n) is 26.8. The molecule has 0 bridgehead atoms. The first kappa shape index (κ1) is 60.0. The highest BCUT2D eigenvalue weighted by Crippen LogP contribution is 2.35. The molecule has 0 unspecified atom stereocenters. The maximum Gasteiger partial charge on any atom is 0.206 e. The zero-order valence-electron chi connectivity index (χ0n) is 47.1. The standard InChI is InChI=1S/C70H54O14S3/c1-69(2,71)45-43-49-11-15-51(16-12-49)79-53-19-31-63(32-20-53)85(73,74)65-35-23-55(24-36-65)81-59-7-5-9-61(47-59)83-57-27-39-67(40-28-57)87(77,78)68-41-29-58(30-42-68)84-62-10-6-8-60(48-62)82-56-25-37-66(38-26-56)86(75,76)64-33-21-54(22-34-64)80-52-17-13-50(14-18-52)44-46-70(3,4)72/h5-42,47-48,71-72H,1-4H3. The van der Waals surface area contributed by atoms with Crippen molar-refractivity contribution in [2.24, 2.45) is 0 Å². The molecule has 436 valence electrons. The molecule has 10 rings (SSSR count). The van der Waals surface area contributed by atoms with Gasteiger partial charge in [0.1, 0.15) is 80.2 Å². The van der Waals surface area contributed by atoms with Gasteiger partial charge in [-0.05, 0) is 246 Å². The lowest BCUT2D eigenvalue weighted by molar-refractivity contribution is 0.143. The summed E-state index contributed by atoms with van der Waals surface area (Å²) in [7, 11) is -11.7. The van der Waals surface area contributed by atoms with E-state index in [-0.39, 0.29) is 29.4 Å². The fraction of sp³-hybridized carbons (Fsp3) is 0.0857. The van der Waals surface area contributed by atoms with Gasteiger partial charge in [-0.3, -0.25) is 0 Å². The van der Waals surface area contributed by atoms with E-state index in [0.29, 0.717) is 80.1 Å². The van der Waals surface area contributed by atoms with Crippen molar-refractivity contribution in [1.29, 1.82) is 0 Å². The number of sulfone groups is 3. The molecule has 10 aromatic rings. The largest absolute Gasteiger partial charge is 0.457 e. The third-order valence-corrected chi connectivity index (χ3v) is 17.9. The Morgan fingerprint density at radius 3 is 0.621 bits per heavy atom. The van der Waals surface area contributed by atoms with Gasteiger partial charge in [-0.15, -0.1) is 0 Å². The Hall–Kier alpha value is -10.1. The third kappa shape index (κ3) is 15.8. The fourth-order valence-electron chi connectivity index (χ4n) is 8.21. The van der Waals surface area contributed by atoms with Crippen LogP contribution in [-0.4, -0.2) is 46.7 Å². The smallest absolute Gasteiger partial charge is 0.206 e. The SMILES string of the molecule is CC(C)(O)C#Cc1ccc(Oc2ccc(S(=O)(=O)c3ccc(Oc4cccc(Oc5ccc(S(=O)(=O)c6ccc(Oc7cccc(Oc8ccc(S(=O)(=O)c9ccc(Oc%10ccc(C#CC(C)(C)O)cc%10)cc9)cc8)c7)cc6)cc5)c4)cc3)cc2)cc1. The van der Waals surface area contributed by atoms with Gasteiger partial charge in [-0.1, -0.05) is 35.8 Å². The zero-order chi connectivity index (χ0) is 61.4. The van der Waals surface area contributed by atoms with Gasteiger partial charge in [0.2, 0.25) is 29.5 Å². The van der Waals surface area contributed by atoms with Gasteiger partial charge in [-0.25, -0.2) is 25.3 Å². The van der Waals surface area contributed by atoms with Crippen LogP contribution in [-0.2, 0) is 29.5 Å². The Morgan fingerprint density at radius 2 is 0.437 bits per heavy atom. The van der Waals surface area contributed by atoms with E-state index in [1.807, 2.05) is 0 Å². The normalized spacial score (nSPS) is 11.7. The molecule has 0 aliphatic rings. The van der Waals surface area contributed by atoms with Crippen LogP contribution in [0.25, 0.3) is 0 Å². The van der Waals surface area contributed by atoms with Gasteiger partial charge >= 0.3 is 0 Å². The van der Waals surface area contributed by atoms with Gasteiger partial charge in [0.25, 0.3) is 0 Å². The van der Waals surface area contributed by atoms with Crippen LogP contribution in [0.2, 0.25) is 0 Å². The second-order valence-electron chi connectivity index (χ2n) is 20.6. The Morgan fingerprint density at radius 1 is 0.264 bits per heavy atom. The van der Waals surface area contributed by atoms with Crippen LogP contribution >= 0.6 is 0 Å². The van der Waals surface area contributed by atoms with Gasteiger partial charge in [-0.2, -0.15) is 0 Å². The number of aliphatic hydroxyl groups is 2. The molecule has 0 amide bonds. The van der Waals surface area contributed by atoms with Crippen molar-refractivity contribution in [2.45, 2.75) is 68.3 Å². The number of rotatable bonds is 18. The summed E-state index contributed by atoms with van der Waals surface area (Å²) in [5.41, 5.74) is -0.809. The molecule has 17 heteroatoms. The van der Waals surface area contributed by atoms with Crippen molar-refractivity contribution < 1.29 is 63.9 Å². The molecule has 0 heterocycles. The van der Waals surface area contributed by atoms with Crippen LogP contribution in [0.1, 0.15) is 38.8 Å². The maximum absolute atomic E-state index is 13.7. The topological polar surface area (TPSA) is 198 Å². The highest BCUT2D eigenvalue weighted by Gasteiger charge is 2.22. The van der Waals surface area contributed by atoms with E-state index in [0.717, 1.165) is 0 Å². The lowest BCUT2D eigenvalue weighted by atomic mass is 10.1. The Labute approximate surface area is 505 Å². The first-order chi connectivity index (χ1) is 41.5. The highest BCUT2D eigenvalue weighted by molar-refractivity contribution is 7.92. The molecule has 10 aromatic carbocycles. The average molecular weight is 1220 g/mol. The Bertz CT molecular complexity index is 4270. The van der Waals surface area contributed by atoms with Gasteiger partial charge in [0.15, 0.2) is 0 Å². The molecule has 87 heavy (non-hydrogen) atoms. The second-order valence-corrected chi connectivity index (χ2v) is 26.4. The van der Waals surface area contributed by atoms with Crippen LogP contribution in [0, 0.1) is 23.7 Å². The molecule has 0 aliphatic heterocycles. The van der Waals surface area contributed by atoms with Crippen molar-refractivity contribution in [1.82, 2.24) is 0 Å². The molecular weight excluding hydrogens is 1160 g/mol. The van der Waals surface area contributed by atoms with E-state index in [2.05, 4.69) is 23.7 Å². The summed E-state index contributed by atoms with van der Waals surface area (Å²) in [6.45, 7) is 6.41. The van der Waals surface area contributed by atoms with Crippen molar-refractivity contribution in [3.8, 4) is 92.7 Å². The summed E-state index contributed by atoms with van der Waals surface area (Å²) < 4.78 is 118. The summed E-state index contributed by atoms with van der Waals surface area (Å²) in [6, 6.07) is 63.7. The molecule has 14 nitrogen and oxygen atoms in total. The van der Waals surface area contributed by atoms with Crippen molar-refractivity contribution in [3.05, 3.63) is 254 Å². The number of benzene rings is 10. The lowest BCUT2D eigenvalue weighted by Gasteiger charge is -2.11. The summed E-state index contributed by atoms with van der Waals surface area (Å²) in [6.07, 6.45) is 0. The van der Waals surface area contributed by atoms with E-state index < -0.39 is 40.7 Å². The lowest BCUT2D eigenvalue weighted by Crippen LogP contribution is -2.14. The predicted octanol–water partition coefficient (Wildman–Crippen LogP) is 15.2. The second kappa shape index (κ2) is 25.2. The number of hydrogen-bond acceptors (Lipinski definition) is 14. The molecule has 0 spiro atoms. The molecule has 0 saturated carbocycles. The zero-order valence-corrected chi connectivity index (χ0v) is 49.6. The molecule has 0 aromatic heterocycles. The summed E-state index contributed by atoms with van der Waals surface area (Å²) in [4.78, 5) is 0.370. The fourth-order valence-corrected chi connectivity index (χ4v) is 12.0. The summed E-state index contributed by atoms with van der Waals surface area (Å²) in [5.74, 6) is 16.4. The Kier molecular flexibility index (Phi) is 17.4. The third-order valence-electron chi connectivity index (χ3n) is 12.6. The van der Waals surface area contributed by atoms with Crippen LogP contribution < -0.4 is 28.4 Å². The van der Waals surface area contributed by atoms with Crippen LogP contribution in [0.5, 0.6) is 69.0 Å². The number of ether oxygens (including phenoxy) is 6. The van der Waals surface area contributed by atoms with E-state index in [1.54, 1.807) is 198 Å². The van der Waals surface area contributed by atoms with Crippen LogP contribution in [0.4, 0.5) is 0 Å². The Balaban J connectivity index is 0.694. The van der Waals surface area contributed by atoms with E-state index in [9.17, 15) is 35.5 Å². The minimum Gasteiger partial charge on any atom is -0.457 e. The quantitative estimate of drug-likeness (QED) is 0.0769. The molecule has 0 aliphatic carbocycles. The molecular formula is C70H54O14S3. The maximum atomic E-state index is 13.7. The minimum atomic E-state index is -3.95. The molecule has 0 radical (unpaired) electrons. The molecule has 0 atom stereocenters. The minimum absolute atomic E-state index is 0.0389. The molecule has 2 N–H and O–H groups in total. The monoisotopic (exact) mass is 1210 g/mol. The van der Waals surface area contributed by atoms with Gasteiger partial charge in [0, 0.05) is 23.3 Å². The van der Waals surface area contributed by atoms with E-state index in [4.69, 9.17) is 28.4 Å². The van der Waals surface area contributed by atoms with Crippen molar-refractivity contribution in [2.75, 3.05) is 0 Å². The summed E-state index contributed by atoms with van der Waals surface area (Å²) >= 11 is 0. The molecule has 0 saturated heterocycles. The van der Waals surface area contributed by atoms with Gasteiger partial charge in [0.05, 0.1) is 29.4 Å². The predicted molar refractivity (Wildman–Crippen MR) is 328 cm³/mol. The average Bonchev–Trinajstić information content (AvgIpc) is 2.16.